The average Bonchev–Trinajstić information content (AvgIpc) is 2.97. The number of hydrogen-bond donors (Lipinski definition) is 1. The minimum absolute atomic E-state index is 0.170. The smallest absolute Gasteiger partial charge is 0.322 e. The summed E-state index contributed by atoms with van der Waals surface area (Å²) in [4.78, 5) is 16.5. The highest BCUT2D eigenvalue weighted by Crippen LogP contribution is 2.17. The molecule has 2 aliphatic rings. The van der Waals surface area contributed by atoms with Crippen LogP contribution in [0.15, 0.2) is 0 Å². The van der Waals surface area contributed by atoms with E-state index in [0.717, 1.165) is 52.4 Å². The second-order valence-corrected chi connectivity index (χ2v) is 5.54. The Bertz CT molecular complexity index is 308. The molecule has 2 aliphatic heterocycles. The molecule has 0 amide bonds. The maximum Gasteiger partial charge on any atom is 0.322 e. The maximum absolute atomic E-state index is 11.5. The molecule has 2 saturated heterocycles. The van der Waals surface area contributed by atoms with Crippen molar-refractivity contribution in [3.63, 3.8) is 0 Å². The number of carbonyl (C=O) groups excluding carboxylic acids is 1. The van der Waals surface area contributed by atoms with Crippen molar-refractivity contribution in [2.24, 2.45) is 0 Å². The van der Waals surface area contributed by atoms with Gasteiger partial charge in [-0.3, -0.25) is 9.69 Å². The largest absolute Gasteiger partial charge is 0.468 e. The van der Waals surface area contributed by atoms with Crippen LogP contribution >= 0.6 is 0 Å². The Morgan fingerprint density at radius 3 is 2.80 bits per heavy atom. The molecule has 0 aromatic heterocycles. The Hall–Kier alpha value is -0.690. The van der Waals surface area contributed by atoms with Crippen LogP contribution in [0.4, 0.5) is 0 Å². The van der Waals surface area contributed by atoms with Crippen LogP contribution in [0.5, 0.6) is 0 Å². The normalized spacial score (nSPS) is 26.6. The van der Waals surface area contributed by atoms with Crippen molar-refractivity contribution in [1.82, 2.24) is 15.1 Å². The molecule has 6 nitrogen and oxygen atoms in total. The van der Waals surface area contributed by atoms with Gasteiger partial charge in [-0.1, -0.05) is 0 Å². The summed E-state index contributed by atoms with van der Waals surface area (Å²) < 4.78 is 10.2. The third-order valence-electron chi connectivity index (χ3n) is 4.38. The highest BCUT2D eigenvalue weighted by Gasteiger charge is 2.29. The molecular weight excluding hydrogens is 258 g/mol. The molecule has 0 aromatic carbocycles. The lowest BCUT2D eigenvalue weighted by molar-refractivity contribution is -0.143. The fourth-order valence-electron chi connectivity index (χ4n) is 3.09. The molecule has 0 bridgehead atoms. The highest BCUT2D eigenvalue weighted by molar-refractivity contribution is 5.75. The first-order valence-electron chi connectivity index (χ1n) is 7.54. The number of likely N-dealkylation sites (N-methyl/N-ethyl adjacent to an activating group) is 1. The number of morpholine rings is 1. The van der Waals surface area contributed by atoms with E-state index in [1.807, 2.05) is 7.05 Å². The third-order valence-corrected chi connectivity index (χ3v) is 4.38. The standard InChI is InChI=1S/C14H27N3O3/c1-15-13(14(18)19-2)4-6-16-5-3-12(11-16)17-7-9-20-10-8-17/h12-13,15H,3-11H2,1-2H3. The summed E-state index contributed by atoms with van der Waals surface area (Å²) in [5.41, 5.74) is 0. The number of methoxy groups -OCH3 is 1. The van der Waals surface area contributed by atoms with Gasteiger partial charge >= 0.3 is 5.97 Å². The van der Waals surface area contributed by atoms with Crippen molar-refractivity contribution in [1.29, 1.82) is 0 Å². The molecule has 0 aliphatic carbocycles. The summed E-state index contributed by atoms with van der Waals surface area (Å²) in [5, 5.41) is 3.02. The number of nitrogens with one attached hydrogen (secondary N) is 1. The number of rotatable bonds is 6. The van der Waals surface area contributed by atoms with Gasteiger partial charge in [0.15, 0.2) is 0 Å². The highest BCUT2D eigenvalue weighted by atomic mass is 16.5. The van der Waals surface area contributed by atoms with Crippen LogP contribution < -0.4 is 5.32 Å². The van der Waals surface area contributed by atoms with Gasteiger partial charge in [-0.2, -0.15) is 0 Å². The van der Waals surface area contributed by atoms with E-state index in [-0.39, 0.29) is 12.0 Å². The van der Waals surface area contributed by atoms with Gasteiger partial charge in [-0.05, 0) is 26.4 Å². The molecular formula is C14H27N3O3. The molecule has 0 saturated carbocycles. The van der Waals surface area contributed by atoms with E-state index in [2.05, 4.69) is 15.1 Å². The van der Waals surface area contributed by atoms with Crippen LogP contribution in [0.1, 0.15) is 12.8 Å². The zero-order chi connectivity index (χ0) is 14.4. The van der Waals surface area contributed by atoms with Crippen molar-refractivity contribution < 1.29 is 14.3 Å². The van der Waals surface area contributed by atoms with Crippen molar-refractivity contribution in [2.45, 2.75) is 24.9 Å². The van der Waals surface area contributed by atoms with Crippen LogP contribution in [0.2, 0.25) is 0 Å². The first-order chi connectivity index (χ1) is 9.74. The Morgan fingerprint density at radius 2 is 2.15 bits per heavy atom. The van der Waals surface area contributed by atoms with Gasteiger partial charge in [0.1, 0.15) is 6.04 Å². The van der Waals surface area contributed by atoms with Crippen LogP contribution in [0.3, 0.4) is 0 Å². The summed E-state index contributed by atoms with van der Waals surface area (Å²) in [7, 11) is 3.25. The average molecular weight is 285 g/mol. The second kappa shape index (κ2) is 7.93. The summed E-state index contributed by atoms with van der Waals surface area (Å²) in [6.07, 6.45) is 2.03. The Kier molecular flexibility index (Phi) is 6.22. The molecule has 2 unspecified atom stereocenters. The monoisotopic (exact) mass is 285 g/mol. The van der Waals surface area contributed by atoms with Crippen LogP contribution in [-0.2, 0) is 14.3 Å². The van der Waals surface area contributed by atoms with E-state index >= 15 is 0 Å². The zero-order valence-electron chi connectivity index (χ0n) is 12.6. The lowest BCUT2D eigenvalue weighted by Crippen LogP contribution is -2.45. The molecule has 2 fully saturated rings. The summed E-state index contributed by atoms with van der Waals surface area (Å²) >= 11 is 0. The number of carbonyl (C=O) groups is 1. The number of hydrogen-bond acceptors (Lipinski definition) is 6. The van der Waals surface area contributed by atoms with E-state index < -0.39 is 0 Å². The van der Waals surface area contributed by atoms with Crippen molar-refractivity contribution in [2.75, 3.05) is 60.1 Å². The van der Waals surface area contributed by atoms with Crippen LogP contribution in [0.25, 0.3) is 0 Å². The van der Waals surface area contributed by atoms with Gasteiger partial charge in [0.05, 0.1) is 20.3 Å². The molecule has 20 heavy (non-hydrogen) atoms. The molecule has 1 N–H and O–H groups in total. The van der Waals surface area contributed by atoms with Crippen molar-refractivity contribution in [3.8, 4) is 0 Å². The molecule has 2 atom stereocenters. The van der Waals surface area contributed by atoms with E-state index in [0.29, 0.717) is 6.04 Å². The summed E-state index contributed by atoms with van der Waals surface area (Å²) in [6.45, 7) is 7.01. The molecule has 0 spiro atoms. The fourth-order valence-corrected chi connectivity index (χ4v) is 3.09. The minimum atomic E-state index is -0.192. The first-order valence-corrected chi connectivity index (χ1v) is 7.54. The van der Waals surface area contributed by atoms with Gasteiger partial charge in [-0.15, -0.1) is 0 Å². The quantitative estimate of drug-likeness (QED) is 0.667. The predicted molar refractivity (Wildman–Crippen MR) is 76.7 cm³/mol. The number of likely N-dealkylation sites (tertiary alicyclic amines) is 1. The van der Waals surface area contributed by atoms with Crippen LogP contribution in [0, 0.1) is 0 Å². The lowest BCUT2D eigenvalue weighted by atomic mass is 10.2. The topological polar surface area (TPSA) is 54.0 Å². The molecule has 116 valence electrons. The fraction of sp³-hybridized carbons (Fsp3) is 0.929. The third kappa shape index (κ3) is 4.15. The van der Waals surface area contributed by atoms with E-state index in [4.69, 9.17) is 9.47 Å². The van der Waals surface area contributed by atoms with E-state index in [1.54, 1.807) is 0 Å². The Labute approximate surface area is 121 Å². The minimum Gasteiger partial charge on any atom is -0.468 e. The van der Waals surface area contributed by atoms with Gasteiger partial charge < -0.3 is 19.7 Å². The number of esters is 1. The summed E-state index contributed by atoms with van der Waals surface area (Å²) in [5.74, 6) is -0.170. The van der Waals surface area contributed by atoms with Crippen molar-refractivity contribution in [3.05, 3.63) is 0 Å². The molecule has 0 aromatic rings. The molecule has 6 heteroatoms. The van der Waals surface area contributed by atoms with Gasteiger partial charge in [-0.25, -0.2) is 0 Å². The van der Waals surface area contributed by atoms with E-state index in [9.17, 15) is 4.79 Å². The molecule has 2 heterocycles. The Balaban J connectivity index is 1.71. The SMILES string of the molecule is CNC(CCN1CCC(N2CCOCC2)C1)C(=O)OC. The summed E-state index contributed by atoms with van der Waals surface area (Å²) in [6, 6.07) is 0.465. The van der Waals surface area contributed by atoms with Gasteiger partial charge in [0, 0.05) is 32.2 Å². The zero-order valence-corrected chi connectivity index (χ0v) is 12.6. The first kappa shape index (κ1) is 15.7. The number of nitrogens with zero attached hydrogens (tertiary/aromatic N) is 2. The maximum atomic E-state index is 11.5. The lowest BCUT2D eigenvalue weighted by Gasteiger charge is -2.32. The van der Waals surface area contributed by atoms with Crippen LogP contribution in [-0.4, -0.2) is 87.9 Å². The van der Waals surface area contributed by atoms with Gasteiger partial charge in [0.25, 0.3) is 0 Å². The molecule has 0 radical (unpaired) electrons. The second-order valence-electron chi connectivity index (χ2n) is 5.54. The number of ether oxygens (including phenoxy) is 2. The van der Waals surface area contributed by atoms with E-state index in [1.165, 1.54) is 13.5 Å². The van der Waals surface area contributed by atoms with Gasteiger partial charge in [0.2, 0.25) is 0 Å². The predicted octanol–water partition coefficient (Wildman–Crippen LogP) is -0.456. The van der Waals surface area contributed by atoms with Crippen molar-refractivity contribution >= 4 is 5.97 Å². The molecule has 2 rings (SSSR count). The Morgan fingerprint density at radius 1 is 1.40 bits per heavy atom.